The molecule has 0 unspecified atom stereocenters. The number of aryl methyl sites for hydroxylation is 2. The molecule has 0 atom stereocenters. The van der Waals surface area contributed by atoms with Crippen molar-refractivity contribution in [3.63, 3.8) is 0 Å². The molecule has 0 radical (unpaired) electrons. The molecule has 2 aromatic rings. The molecule has 1 fully saturated rings. The van der Waals surface area contributed by atoms with Crippen molar-refractivity contribution in [2.45, 2.75) is 38.1 Å². The maximum Gasteiger partial charge on any atom is 0.240 e. The summed E-state index contributed by atoms with van der Waals surface area (Å²) in [6.07, 6.45) is 2.08. The lowest BCUT2D eigenvalue weighted by molar-refractivity contribution is 0.179. The van der Waals surface area contributed by atoms with Crippen LogP contribution in [0.5, 0.6) is 0 Å². The van der Waals surface area contributed by atoms with Crippen LogP contribution in [0.1, 0.15) is 29.5 Å². The van der Waals surface area contributed by atoms with Gasteiger partial charge in [0.25, 0.3) is 0 Å². The Morgan fingerprint density at radius 1 is 1.20 bits per heavy atom. The van der Waals surface area contributed by atoms with Gasteiger partial charge in [-0.3, -0.25) is 4.90 Å². The summed E-state index contributed by atoms with van der Waals surface area (Å²) in [5.74, 6) is 0.415. The molecule has 0 spiro atoms. The van der Waals surface area contributed by atoms with E-state index in [0.29, 0.717) is 17.4 Å². The summed E-state index contributed by atoms with van der Waals surface area (Å²) >= 11 is 1.74. The van der Waals surface area contributed by atoms with Gasteiger partial charge < -0.3 is 0 Å². The molecule has 0 amide bonds. The number of thiophene rings is 1. The van der Waals surface area contributed by atoms with Crippen LogP contribution in [0.3, 0.4) is 0 Å². The Morgan fingerprint density at radius 2 is 1.96 bits per heavy atom. The molecule has 6 heteroatoms. The van der Waals surface area contributed by atoms with Crippen LogP contribution < -0.4 is 4.72 Å². The molecule has 136 valence electrons. The van der Waals surface area contributed by atoms with Gasteiger partial charge in [-0.15, -0.1) is 0 Å². The van der Waals surface area contributed by atoms with Crippen LogP contribution in [0.15, 0.2) is 39.9 Å². The Bertz CT molecular complexity index is 793. The highest BCUT2D eigenvalue weighted by atomic mass is 32.2. The maximum absolute atomic E-state index is 12.6. The lowest BCUT2D eigenvalue weighted by Crippen LogP contribution is -2.38. The number of hydrogen-bond acceptors (Lipinski definition) is 4. The molecule has 25 heavy (non-hydrogen) atoms. The Hall–Kier alpha value is -1.21. The van der Waals surface area contributed by atoms with Crippen LogP contribution in [0.25, 0.3) is 0 Å². The summed E-state index contributed by atoms with van der Waals surface area (Å²) in [7, 11) is -3.43. The second-order valence-corrected chi connectivity index (χ2v) is 9.49. The quantitative estimate of drug-likeness (QED) is 0.836. The Morgan fingerprint density at radius 3 is 2.64 bits per heavy atom. The molecule has 1 aliphatic heterocycles. The average Bonchev–Trinajstić information content (AvgIpc) is 3.09. The second kappa shape index (κ2) is 7.99. The third-order valence-electron chi connectivity index (χ3n) is 4.89. The number of nitrogens with zero attached hydrogens (tertiary/aromatic N) is 1. The molecule has 0 saturated carbocycles. The lowest BCUT2D eigenvalue weighted by atomic mass is 9.97. The first-order valence-electron chi connectivity index (χ1n) is 8.74. The van der Waals surface area contributed by atoms with Crippen molar-refractivity contribution >= 4 is 21.4 Å². The number of sulfonamides is 1. The van der Waals surface area contributed by atoms with E-state index in [4.69, 9.17) is 0 Å². The average molecular weight is 379 g/mol. The van der Waals surface area contributed by atoms with Crippen LogP contribution >= 0.6 is 11.3 Å². The molecule has 0 bridgehead atoms. The highest BCUT2D eigenvalue weighted by Crippen LogP contribution is 2.21. The summed E-state index contributed by atoms with van der Waals surface area (Å²) in [4.78, 5) is 2.86. The number of rotatable bonds is 6. The highest BCUT2D eigenvalue weighted by Gasteiger charge is 2.23. The van der Waals surface area contributed by atoms with E-state index in [1.165, 1.54) is 5.56 Å². The van der Waals surface area contributed by atoms with Gasteiger partial charge in [0.2, 0.25) is 10.0 Å². The Labute approximate surface area is 154 Å². The first-order chi connectivity index (χ1) is 11.9. The van der Waals surface area contributed by atoms with Crippen molar-refractivity contribution in [2.75, 3.05) is 19.6 Å². The van der Waals surface area contributed by atoms with E-state index in [-0.39, 0.29) is 0 Å². The van der Waals surface area contributed by atoms with Crippen LogP contribution in [0, 0.1) is 19.8 Å². The van der Waals surface area contributed by atoms with E-state index < -0.39 is 10.0 Å². The van der Waals surface area contributed by atoms with E-state index in [2.05, 4.69) is 26.4 Å². The number of likely N-dealkylation sites (tertiary alicyclic amines) is 1. The zero-order valence-corrected chi connectivity index (χ0v) is 16.5. The summed E-state index contributed by atoms with van der Waals surface area (Å²) in [5.41, 5.74) is 3.13. The number of benzene rings is 1. The third kappa shape index (κ3) is 4.91. The lowest BCUT2D eigenvalue weighted by Gasteiger charge is -2.31. The van der Waals surface area contributed by atoms with Gasteiger partial charge in [-0.05, 0) is 85.3 Å². The minimum atomic E-state index is -3.43. The minimum absolute atomic E-state index is 0.405. The summed E-state index contributed by atoms with van der Waals surface area (Å²) in [6.45, 7) is 7.36. The molecule has 3 rings (SSSR count). The van der Waals surface area contributed by atoms with E-state index in [1.807, 2.05) is 26.0 Å². The van der Waals surface area contributed by atoms with Gasteiger partial charge in [0, 0.05) is 13.1 Å². The van der Waals surface area contributed by atoms with Crippen molar-refractivity contribution in [2.24, 2.45) is 5.92 Å². The molecule has 1 N–H and O–H groups in total. The largest absolute Gasteiger partial charge is 0.299 e. The van der Waals surface area contributed by atoms with Gasteiger partial charge in [0.1, 0.15) is 0 Å². The molecule has 1 saturated heterocycles. The van der Waals surface area contributed by atoms with Crippen molar-refractivity contribution in [1.82, 2.24) is 9.62 Å². The molecular formula is C19H26N2O2S2. The number of nitrogens with one attached hydrogen (secondary N) is 1. The van der Waals surface area contributed by atoms with Crippen molar-refractivity contribution in [1.29, 1.82) is 0 Å². The van der Waals surface area contributed by atoms with E-state index in [1.54, 1.807) is 17.4 Å². The van der Waals surface area contributed by atoms with Crippen LogP contribution in [0.4, 0.5) is 0 Å². The number of piperidine rings is 1. The van der Waals surface area contributed by atoms with Gasteiger partial charge >= 0.3 is 0 Å². The molecule has 2 heterocycles. The number of hydrogen-bond donors (Lipinski definition) is 1. The van der Waals surface area contributed by atoms with Gasteiger partial charge in [-0.1, -0.05) is 12.1 Å². The van der Waals surface area contributed by atoms with Gasteiger partial charge in [-0.2, -0.15) is 11.3 Å². The first kappa shape index (κ1) is 18.6. The minimum Gasteiger partial charge on any atom is -0.299 e. The fourth-order valence-corrected chi connectivity index (χ4v) is 5.40. The van der Waals surface area contributed by atoms with Gasteiger partial charge in [-0.25, -0.2) is 13.1 Å². The zero-order valence-electron chi connectivity index (χ0n) is 14.9. The molecular weight excluding hydrogens is 352 g/mol. The van der Waals surface area contributed by atoms with Crippen LogP contribution in [0.2, 0.25) is 0 Å². The Balaban J connectivity index is 1.51. The fourth-order valence-electron chi connectivity index (χ4n) is 3.29. The SMILES string of the molecule is Cc1ccc(C)c(S(=O)(=O)NCC2CCN(Cc3ccsc3)CC2)c1. The molecule has 0 aliphatic carbocycles. The van der Waals surface area contributed by atoms with Crippen LogP contribution in [-0.4, -0.2) is 33.0 Å². The third-order valence-corrected chi connectivity index (χ3v) is 7.19. The predicted molar refractivity (Wildman–Crippen MR) is 103 cm³/mol. The molecule has 1 aromatic carbocycles. The molecule has 1 aliphatic rings. The second-order valence-electron chi connectivity index (χ2n) is 6.97. The standard InChI is InChI=1S/C19H26N2O2S2/c1-15-3-4-16(2)19(11-15)25(22,23)20-12-17-5-8-21(9-6-17)13-18-7-10-24-14-18/h3-4,7,10-11,14,17,20H,5-6,8-9,12-13H2,1-2H3. The highest BCUT2D eigenvalue weighted by molar-refractivity contribution is 7.89. The topological polar surface area (TPSA) is 49.4 Å². The van der Waals surface area contributed by atoms with E-state index in [0.717, 1.165) is 43.6 Å². The first-order valence-corrected chi connectivity index (χ1v) is 11.2. The smallest absolute Gasteiger partial charge is 0.240 e. The van der Waals surface area contributed by atoms with Crippen LogP contribution in [-0.2, 0) is 16.6 Å². The predicted octanol–water partition coefficient (Wildman–Crippen LogP) is 3.56. The normalized spacial score (nSPS) is 17.0. The van der Waals surface area contributed by atoms with E-state index in [9.17, 15) is 8.42 Å². The molecule has 1 aromatic heterocycles. The Kier molecular flexibility index (Phi) is 5.94. The monoisotopic (exact) mass is 378 g/mol. The summed E-state index contributed by atoms with van der Waals surface area (Å²) in [6, 6.07) is 7.74. The summed E-state index contributed by atoms with van der Waals surface area (Å²) in [5, 5.41) is 4.31. The van der Waals surface area contributed by atoms with E-state index >= 15 is 0 Å². The zero-order chi connectivity index (χ0) is 17.9. The molecule has 4 nitrogen and oxygen atoms in total. The van der Waals surface area contributed by atoms with Crippen molar-refractivity contribution < 1.29 is 8.42 Å². The maximum atomic E-state index is 12.6. The van der Waals surface area contributed by atoms with Crippen molar-refractivity contribution in [3.8, 4) is 0 Å². The van der Waals surface area contributed by atoms with Crippen molar-refractivity contribution in [3.05, 3.63) is 51.7 Å². The van der Waals surface area contributed by atoms with Gasteiger partial charge in [0.15, 0.2) is 0 Å². The fraction of sp³-hybridized carbons (Fsp3) is 0.474. The summed E-state index contributed by atoms with van der Waals surface area (Å²) < 4.78 is 28.0. The van der Waals surface area contributed by atoms with Gasteiger partial charge in [0.05, 0.1) is 4.90 Å².